The molecule has 1 saturated heterocycles. The number of piperazine rings is 1. The van der Waals surface area contributed by atoms with Crippen LogP contribution in [0.2, 0.25) is 0 Å². The summed E-state index contributed by atoms with van der Waals surface area (Å²) in [6.45, 7) is 5.97. The van der Waals surface area contributed by atoms with Crippen molar-refractivity contribution in [2.75, 3.05) is 33.2 Å². The van der Waals surface area contributed by atoms with Crippen molar-refractivity contribution in [3.8, 4) is 0 Å². The molecule has 1 aliphatic rings. The summed E-state index contributed by atoms with van der Waals surface area (Å²) < 4.78 is 45.2. The fourth-order valence-corrected chi connectivity index (χ4v) is 4.83. The average Bonchev–Trinajstić information content (AvgIpc) is 3.42. The van der Waals surface area contributed by atoms with E-state index in [1.165, 1.54) is 18.4 Å². The first kappa shape index (κ1) is 24.4. The van der Waals surface area contributed by atoms with Crippen molar-refractivity contribution in [3.05, 3.63) is 75.1 Å². The van der Waals surface area contributed by atoms with E-state index in [9.17, 15) is 18.0 Å². The zero-order valence-electron chi connectivity index (χ0n) is 19.1. The van der Waals surface area contributed by atoms with Gasteiger partial charge in [-0.05, 0) is 42.6 Å². The second-order valence-electron chi connectivity index (χ2n) is 8.59. The number of aromatic nitrogens is 1. The third kappa shape index (κ3) is 6.05. The van der Waals surface area contributed by atoms with Gasteiger partial charge in [-0.15, -0.1) is 11.3 Å². The number of aryl methyl sites for hydroxylation is 1. The van der Waals surface area contributed by atoms with E-state index in [-0.39, 0.29) is 24.7 Å². The highest BCUT2D eigenvalue weighted by atomic mass is 32.1. The number of alkyl halides is 3. The molecule has 10 heteroatoms. The van der Waals surface area contributed by atoms with Gasteiger partial charge in [0.25, 0.3) is 5.91 Å². The van der Waals surface area contributed by atoms with Crippen LogP contribution in [0.5, 0.6) is 0 Å². The molecule has 6 nitrogen and oxygen atoms in total. The maximum Gasteiger partial charge on any atom is 0.416 e. The molecular weight excluding hydrogens is 465 g/mol. The molecule has 3 aromatic rings. The smallest absolute Gasteiger partial charge is 0.416 e. The SMILES string of the molecule is Cc1ccsc1CN(Cc1cccc(C(F)(F)F)c1)Cc1nc(C(=O)N2CCN(C)CC2)co1. The number of oxazole rings is 1. The maximum atomic E-state index is 13.2. The number of nitrogens with zero attached hydrogens (tertiary/aromatic N) is 4. The van der Waals surface area contributed by atoms with Gasteiger partial charge in [0.2, 0.25) is 5.89 Å². The molecule has 182 valence electrons. The molecule has 0 unspecified atom stereocenters. The van der Waals surface area contributed by atoms with E-state index in [0.29, 0.717) is 31.1 Å². The first-order valence-electron chi connectivity index (χ1n) is 11.0. The van der Waals surface area contributed by atoms with Gasteiger partial charge in [0.05, 0.1) is 12.1 Å². The Morgan fingerprint density at radius 2 is 1.91 bits per heavy atom. The van der Waals surface area contributed by atoms with Gasteiger partial charge >= 0.3 is 6.18 Å². The van der Waals surface area contributed by atoms with Crippen LogP contribution in [0.3, 0.4) is 0 Å². The highest BCUT2D eigenvalue weighted by Crippen LogP contribution is 2.30. The number of carbonyl (C=O) groups is 1. The fourth-order valence-electron chi connectivity index (χ4n) is 3.89. The Bertz CT molecular complexity index is 1120. The van der Waals surface area contributed by atoms with Crippen LogP contribution in [-0.2, 0) is 25.8 Å². The van der Waals surface area contributed by atoms with Crippen LogP contribution >= 0.6 is 11.3 Å². The van der Waals surface area contributed by atoms with Crippen molar-refractivity contribution in [2.24, 2.45) is 0 Å². The second-order valence-corrected chi connectivity index (χ2v) is 9.59. The number of likely N-dealkylation sites (N-methyl/N-ethyl adjacent to an activating group) is 1. The first-order valence-corrected chi connectivity index (χ1v) is 11.9. The predicted octanol–water partition coefficient (Wildman–Crippen LogP) is 4.65. The Balaban J connectivity index is 1.50. The molecule has 0 aliphatic carbocycles. The molecule has 0 N–H and O–H groups in total. The molecule has 1 fully saturated rings. The summed E-state index contributed by atoms with van der Waals surface area (Å²) in [6.07, 6.45) is -3.03. The van der Waals surface area contributed by atoms with Crippen LogP contribution in [0.15, 0.2) is 46.4 Å². The minimum absolute atomic E-state index is 0.165. The van der Waals surface area contributed by atoms with Gasteiger partial charge in [-0.25, -0.2) is 4.98 Å². The van der Waals surface area contributed by atoms with Gasteiger partial charge in [0, 0.05) is 44.1 Å². The monoisotopic (exact) mass is 492 g/mol. The van der Waals surface area contributed by atoms with Gasteiger partial charge in [-0.2, -0.15) is 13.2 Å². The van der Waals surface area contributed by atoms with Gasteiger partial charge in [0.1, 0.15) is 6.26 Å². The lowest BCUT2D eigenvalue weighted by atomic mass is 10.1. The quantitative estimate of drug-likeness (QED) is 0.481. The number of halogens is 3. The van der Waals surface area contributed by atoms with Crippen LogP contribution in [0.4, 0.5) is 13.2 Å². The molecule has 3 heterocycles. The maximum absolute atomic E-state index is 13.2. The summed E-state index contributed by atoms with van der Waals surface area (Å²) in [4.78, 5) is 24.2. The second kappa shape index (κ2) is 10.3. The highest BCUT2D eigenvalue weighted by Gasteiger charge is 2.30. The lowest BCUT2D eigenvalue weighted by Gasteiger charge is -2.31. The molecule has 1 aromatic carbocycles. The number of carbonyl (C=O) groups excluding carboxylic acids is 1. The van der Waals surface area contributed by atoms with E-state index in [1.54, 1.807) is 22.3 Å². The minimum Gasteiger partial charge on any atom is -0.447 e. The largest absolute Gasteiger partial charge is 0.447 e. The zero-order valence-corrected chi connectivity index (χ0v) is 20.0. The number of hydrogen-bond donors (Lipinski definition) is 0. The molecule has 1 amide bonds. The molecule has 4 rings (SSSR count). The summed E-state index contributed by atoms with van der Waals surface area (Å²) >= 11 is 1.60. The van der Waals surface area contributed by atoms with Crippen molar-refractivity contribution in [2.45, 2.75) is 32.7 Å². The molecular formula is C24H27F3N4O2S. The number of amides is 1. The molecule has 0 radical (unpaired) electrons. The molecule has 0 spiro atoms. The van der Waals surface area contributed by atoms with Gasteiger partial charge < -0.3 is 14.2 Å². The summed E-state index contributed by atoms with van der Waals surface area (Å²) in [5, 5.41) is 1.99. The van der Waals surface area contributed by atoms with E-state index in [2.05, 4.69) is 9.88 Å². The number of rotatable bonds is 7. The van der Waals surface area contributed by atoms with Crippen molar-refractivity contribution >= 4 is 17.2 Å². The van der Waals surface area contributed by atoms with E-state index in [1.807, 2.05) is 30.3 Å². The third-order valence-electron chi connectivity index (χ3n) is 5.92. The zero-order chi connectivity index (χ0) is 24.3. The predicted molar refractivity (Wildman–Crippen MR) is 123 cm³/mol. The molecule has 0 atom stereocenters. The Labute approximate surface area is 200 Å². The van der Waals surface area contributed by atoms with Gasteiger partial charge in [-0.1, -0.05) is 18.2 Å². The van der Waals surface area contributed by atoms with Crippen LogP contribution in [-0.4, -0.2) is 58.8 Å². The number of hydrogen-bond acceptors (Lipinski definition) is 6. The number of thiophene rings is 1. The van der Waals surface area contributed by atoms with E-state index in [0.717, 1.165) is 29.6 Å². The summed E-state index contributed by atoms with van der Waals surface area (Å²) in [6, 6.07) is 7.36. The van der Waals surface area contributed by atoms with Crippen molar-refractivity contribution < 1.29 is 22.4 Å². The lowest BCUT2D eigenvalue weighted by Crippen LogP contribution is -2.47. The summed E-state index contributed by atoms with van der Waals surface area (Å²) in [7, 11) is 2.02. The summed E-state index contributed by atoms with van der Waals surface area (Å²) in [5.41, 5.74) is 1.25. The minimum atomic E-state index is -4.40. The van der Waals surface area contributed by atoms with Crippen LogP contribution in [0.25, 0.3) is 0 Å². The average molecular weight is 493 g/mol. The standard InChI is InChI=1S/C24H27F3N4O2S/c1-17-6-11-34-21(17)14-30(13-18-4-3-5-19(12-18)24(25,26)27)15-22-28-20(16-33-22)23(32)31-9-7-29(2)8-10-31/h3-6,11-12,16H,7-10,13-15H2,1-2H3. The van der Waals surface area contributed by atoms with E-state index < -0.39 is 11.7 Å². The van der Waals surface area contributed by atoms with Crippen molar-refractivity contribution in [1.29, 1.82) is 0 Å². The van der Waals surface area contributed by atoms with Crippen molar-refractivity contribution in [1.82, 2.24) is 19.7 Å². The molecule has 2 aromatic heterocycles. The molecule has 1 aliphatic heterocycles. The fraction of sp³-hybridized carbons (Fsp3) is 0.417. The number of benzene rings is 1. The van der Waals surface area contributed by atoms with Crippen LogP contribution in [0.1, 0.15) is 37.9 Å². The molecule has 0 bridgehead atoms. The molecule has 0 saturated carbocycles. The van der Waals surface area contributed by atoms with Gasteiger partial charge in [-0.3, -0.25) is 9.69 Å². The van der Waals surface area contributed by atoms with E-state index >= 15 is 0 Å². The van der Waals surface area contributed by atoms with E-state index in [4.69, 9.17) is 4.42 Å². The van der Waals surface area contributed by atoms with Gasteiger partial charge in [0.15, 0.2) is 5.69 Å². The van der Waals surface area contributed by atoms with Crippen LogP contribution < -0.4 is 0 Å². The summed E-state index contributed by atoms with van der Waals surface area (Å²) in [5.74, 6) is 0.195. The lowest BCUT2D eigenvalue weighted by molar-refractivity contribution is -0.137. The Hall–Kier alpha value is -2.69. The van der Waals surface area contributed by atoms with Crippen molar-refractivity contribution in [3.63, 3.8) is 0 Å². The normalized spacial score (nSPS) is 15.3. The Morgan fingerprint density at radius 3 is 2.59 bits per heavy atom. The Morgan fingerprint density at radius 1 is 1.15 bits per heavy atom. The Kier molecular flexibility index (Phi) is 7.39. The topological polar surface area (TPSA) is 52.8 Å². The van der Waals surface area contributed by atoms with Crippen LogP contribution in [0, 0.1) is 6.92 Å². The first-order chi connectivity index (χ1) is 16.2. The highest BCUT2D eigenvalue weighted by molar-refractivity contribution is 7.10. The third-order valence-corrected chi connectivity index (χ3v) is 6.92. The molecule has 34 heavy (non-hydrogen) atoms.